The molecule has 0 unspecified atom stereocenters. The van der Waals surface area contributed by atoms with Crippen LogP contribution in [-0.2, 0) is 6.54 Å². The minimum atomic E-state index is -0.716. The van der Waals surface area contributed by atoms with Crippen LogP contribution in [0.3, 0.4) is 0 Å². The van der Waals surface area contributed by atoms with Gasteiger partial charge in [-0.25, -0.2) is 4.79 Å². The Labute approximate surface area is 191 Å². The lowest BCUT2D eigenvalue weighted by Crippen LogP contribution is -2.41. The molecule has 2 aromatic carbocycles. The zero-order valence-electron chi connectivity index (χ0n) is 19.0. The third-order valence-electron chi connectivity index (χ3n) is 5.28. The summed E-state index contributed by atoms with van der Waals surface area (Å²) in [4.78, 5) is 42.5. The van der Waals surface area contributed by atoms with E-state index in [1.165, 1.54) is 23.7 Å². The fourth-order valence-corrected chi connectivity index (χ4v) is 3.52. The van der Waals surface area contributed by atoms with Crippen LogP contribution >= 0.6 is 0 Å². The van der Waals surface area contributed by atoms with Gasteiger partial charge in [-0.2, -0.15) is 0 Å². The Hall–Kier alpha value is -4.01. The third kappa shape index (κ3) is 5.08. The molecule has 3 N–H and O–H groups in total. The number of unbranched alkanes of at least 4 members (excludes halogenated alkanes) is 1. The van der Waals surface area contributed by atoms with Gasteiger partial charge in [0.05, 0.1) is 20.8 Å². The van der Waals surface area contributed by atoms with E-state index >= 15 is 0 Å². The second-order valence-corrected chi connectivity index (χ2v) is 7.44. The van der Waals surface area contributed by atoms with Crippen LogP contribution in [0.5, 0.6) is 11.5 Å². The molecule has 0 radical (unpaired) electrons. The quantitative estimate of drug-likeness (QED) is 0.515. The Morgan fingerprint density at radius 3 is 2.39 bits per heavy atom. The van der Waals surface area contributed by atoms with E-state index in [-0.39, 0.29) is 24.6 Å². The van der Waals surface area contributed by atoms with Gasteiger partial charge in [-0.3, -0.25) is 19.1 Å². The van der Waals surface area contributed by atoms with Crippen molar-refractivity contribution in [1.82, 2.24) is 9.55 Å². The van der Waals surface area contributed by atoms with Gasteiger partial charge in [0, 0.05) is 12.1 Å². The molecule has 3 rings (SSSR count). The molecule has 0 atom stereocenters. The van der Waals surface area contributed by atoms with Crippen molar-refractivity contribution in [3.05, 3.63) is 80.5 Å². The zero-order chi connectivity index (χ0) is 24.0. The highest BCUT2D eigenvalue weighted by Gasteiger charge is 2.26. The Morgan fingerprint density at radius 2 is 1.76 bits per heavy atom. The van der Waals surface area contributed by atoms with Crippen LogP contribution in [0.15, 0.2) is 58.1 Å². The summed E-state index contributed by atoms with van der Waals surface area (Å²) < 4.78 is 11.8. The van der Waals surface area contributed by atoms with E-state index in [1.807, 2.05) is 37.3 Å². The molecule has 0 bridgehead atoms. The lowest BCUT2D eigenvalue weighted by molar-refractivity contribution is 0.0986. The summed E-state index contributed by atoms with van der Waals surface area (Å²) in [5.41, 5.74) is 6.04. The number of nitrogens with two attached hydrogens (primary N) is 1. The molecule has 0 saturated heterocycles. The first-order valence-electron chi connectivity index (χ1n) is 10.6. The summed E-state index contributed by atoms with van der Waals surface area (Å²) in [6.07, 6.45) is 1.42. The Bertz CT molecular complexity index is 1230. The number of carbonyl (C=O) groups is 1. The van der Waals surface area contributed by atoms with Crippen molar-refractivity contribution in [3.63, 3.8) is 0 Å². The summed E-state index contributed by atoms with van der Waals surface area (Å²) >= 11 is 0. The van der Waals surface area contributed by atoms with Crippen LogP contribution in [0.25, 0.3) is 0 Å². The van der Waals surface area contributed by atoms with E-state index < -0.39 is 17.2 Å². The first kappa shape index (κ1) is 23.6. The maximum atomic E-state index is 13.5. The van der Waals surface area contributed by atoms with Gasteiger partial charge in [-0.05, 0) is 30.2 Å². The van der Waals surface area contributed by atoms with Gasteiger partial charge < -0.3 is 20.1 Å². The van der Waals surface area contributed by atoms with E-state index in [0.29, 0.717) is 23.5 Å². The van der Waals surface area contributed by atoms with Crippen LogP contribution in [0.1, 0.15) is 35.7 Å². The number of H-pyrrole nitrogens is 1. The number of aromatic amines is 1. The van der Waals surface area contributed by atoms with Crippen molar-refractivity contribution >= 4 is 17.4 Å². The number of carbonyl (C=O) groups excluding carboxylic acids is 1. The number of hydrogen-bond donors (Lipinski definition) is 2. The number of benzene rings is 2. The maximum absolute atomic E-state index is 13.5. The molecular weight excluding hydrogens is 424 g/mol. The van der Waals surface area contributed by atoms with E-state index in [2.05, 4.69) is 4.98 Å². The number of aromatic nitrogens is 2. The number of nitrogens with zero attached hydrogens (tertiary/aromatic N) is 2. The Morgan fingerprint density at radius 1 is 1.06 bits per heavy atom. The molecule has 0 aliphatic heterocycles. The summed E-state index contributed by atoms with van der Waals surface area (Å²) in [6.45, 7) is 2.38. The average molecular weight is 453 g/mol. The van der Waals surface area contributed by atoms with Gasteiger partial charge in [0.25, 0.3) is 11.5 Å². The molecule has 0 spiro atoms. The second-order valence-electron chi connectivity index (χ2n) is 7.44. The van der Waals surface area contributed by atoms with E-state index in [4.69, 9.17) is 15.2 Å². The van der Waals surface area contributed by atoms with Crippen molar-refractivity contribution in [3.8, 4) is 11.5 Å². The number of hydrogen-bond acceptors (Lipinski definition) is 6. The molecular formula is C24H28N4O5. The van der Waals surface area contributed by atoms with E-state index in [1.54, 1.807) is 18.2 Å². The van der Waals surface area contributed by atoms with Crippen molar-refractivity contribution < 1.29 is 14.3 Å². The van der Waals surface area contributed by atoms with Crippen LogP contribution in [-0.4, -0.2) is 36.2 Å². The first-order valence-corrected chi connectivity index (χ1v) is 10.6. The standard InChI is InChI=1S/C24H28N4O5/c1-4-5-13-27(23(30)17-11-12-18(32-2)19(14-17)33-3)20-21(25)28(24(31)26-22(20)29)15-16-9-7-6-8-10-16/h6-12,14H,4-5,13,15,25H2,1-3H3,(H,26,29,31). The number of nitrogen functional groups attached to an aromatic ring is 1. The first-order chi connectivity index (χ1) is 15.9. The molecule has 174 valence electrons. The highest BCUT2D eigenvalue weighted by molar-refractivity contribution is 6.07. The highest BCUT2D eigenvalue weighted by Crippen LogP contribution is 2.29. The fourth-order valence-electron chi connectivity index (χ4n) is 3.52. The maximum Gasteiger partial charge on any atom is 0.330 e. The van der Waals surface area contributed by atoms with Crippen molar-refractivity contribution in [1.29, 1.82) is 0 Å². The van der Waals surface area contributed by atoms with Crippen LogP contribution in [0, 0.1) is 0 Å². The molecule has 0 aliphatic rings. The largest absolute Gasteiger partial charge is 0.493 e. The van der Waals surface area contributed by atoms with Gasteiger partial charge >= 0.3 is 5.69 Å². The average Bonchev–Trinajstić information content (AvgIpc) is 2.83. The Balaban J connectivity index is 2.10. The van der Waals surface area contributed by atoms with Crippen molar-refractivity contribution in [2.24, 2.45) is 0 Å². The fraction of sp³-hybridized carbons (Fsp3) is 0.292. The molecule has 33 heavy (non-hydrogen) atoms. The molecule has 0 aliphatic carbocycles. The van der Waals surface area contributed by atoms with Gasteiger partial charge in [0.15, 0.2) is 17.2 Å². The minimum absolute atomic E-state index is 0.0567. The number of anilines is 2. The molecule has 1 aromatic heterocycles. The zero-order valence-corrected chi connectivity index (χ0v) is 19.0. The number of rotatable bonds is 9. The van der Waals surface area contributed by atoms with E-state index in [9.17, 15) is 14.4 Å². The number of nitrogens with one attached hydrogen (secondary N) is 1. The summed E-state index contributed by atoms with van der Waals surface area (Å²) in [7, 11) is 2.98. The van der Waals surface area contributed by atoms with Crippen LogP contribution in [0.4, 0.5) is 11.5 Å². The summed E-state index contributed by atoms with van der Waals surface area (Å²) in [6, 6.07) is 14.0. The molecule has 1 heterocycles. The SMILES string of the molecule is CCCCN(C(=O)c1ccc(OC)c(OC)c1)c1c(N)n(Cc2ccccc2)c(=O)[nH]c1=O. The van der Waals surface area contributed by atoms with Crippen LogP contribution in [0.2, 0.25) is 0 Å². The summed E-state index contributed by atoms with van der Waals surface area (Å²) in [5.74, 6) is 0.349. The van der Waals surface area contributed by atoms with Crippen molar-refractivity contribution in [2.75, 3.05) is 31.4 Å². The molecule has 1 amide bonds. The lowest BCUT2D eigenvalue weighted by Gasteiger charge is -2.25. The van der Waals surface area contributed by atoms with Gasteiger partial charge in [-0.15, -0.1) is 0 Å². The summed E-state index contributed by atoms with van der Waals surface area (Å²) in [5, 5.41) is 0. The van der Waals surface area contributed by atoms with E-state index in [0.717, 1.165) is 12.0 Å². The predicted molar refractivity (Wildman–Crippen MR) is 127 cm³/mol. The highest BCUT2D eigenvalue weighted by atomic mass is 16.5. The third-order valence-corrected chi connectivity index (χ3v) is 5.28. The number of ether oxygens (including phenoxy) is 2. The molecule has 9 nitrogen and oxygen atoms in total. The normalized spacial score (nSPS) is 10.6. The Kier molecular flexibility index (Phi) is 7.55. The van der Waals surface area contributed by atoms with Gasteiger partial charge in [0.1, 0.15) is 5.82 Å². The topological polar surface area (TPSA) is 120 Å². The monoisotopic (exact) mass is 452 g/mol. The molecule has 0 fully saturated rings. The molecule has 3 aromatic rings. The lowest BCUT2D eigenvalue weighted by atomic mass is 10.1. The van der Waals surface area contributed by atoms with Gasteiger partial charge in [0.2, 0.25) is 0 Å². The minimum Gasteiger partial charge on any atom is -0.493 e. The van der Waals surface area contributed by atoms with Gasteiger partial charge in [-0.1, -0.05) is 43.7 Å². The molecule has 0 saturated carbocycles. The second kappa shape index (κ2) is 10.5. The van der Waals surface area contributed by atoms with Crippen molar-refractivity contribution in [2.45, 2.75) is 26.3 Å². The smallest absolute Gasteiger partial charge is 0.330 e. The number of amides is 1. The van der Waals surface area contributed by atoms with Crippen LogP contribution < -0.4 is 31.4 Å². The molecule has 9 heteroatoms. The number of methoxy groups -OCH3 is 2. The predicted octanol–water partition coefficient (Wildman–Crippen LogP) is 2.63.